The van der Waals surface area contributed by atoms with E-state index >= 15 is 0 Å². The van der Waals surface area contributed by atoms with Crippen LogP contribution in [-0.2, 0) is 6.54 Å². The molecule has 1 saturated carbocycles. The molecule has 0 aliphatic heterocycles. The second-order valence-corrected chi connectivity index (χ2v) is 7.00. The molecule has 1 N–H and O–H groups in total. The second-order valence-electron chi connectivity index (χ2n) is 6.14. The van der Waals surface area contributed by atoms with Crippen LogP contribution in [0.2, 0.25) is 0 Å². The molecule has 106 valence electrons. The number of hydrogen-bond acceptors (Lipinski definition) is 1. The third-order valence-electron chi connectivity index (χ3n) is 4.05. The lowest BCUT2D eigenvalue weighted by Gasteiger charge is -2.34. The number of rotatable bonds is 3. The molecule has 0 heterocycles. The quantitative estimate of drug-likeness (QED) is 0.785. The van der Waals surface area contributed by atoms with Gasteiger partial charge in [-0.1, -0.05) is 13.8 Å². The molecule has 0 aromatic heterocycles. The zero-order chi connectivity index (χ0) is 14.0. The van der Waals surface area contributed by atoms with Crippen molar-refractivity contribution in [2.24, 2.45) is 5.41 Å². The molecule has 4 heteroatoms. The van der Waals surface area contributed by atoms with Gasteiger partial charge in [0.05, 0.1) is 4.47 Å². The van der Waals surface area contributed by atoms with E-state index in [2.05, 4.69) is 35.1 Å². The van der Waals surface area contributed by atoms with E-state index in [9.17, 15) is 8.78 Å². The predicted octanol–water partition coefficient (Wildman–Crippen LogP) is 4.79. The third kappa shape index (κ3) is 3.76. The Balaban J connectivity index is 1.95. The fourth-order valence-electron chi connectivity index (χ4n) is 2.58. The van der Waals surface area contributed by atoms with Gasteiger partial charge in [0.2, 0.25) is 0 Å². The van der Waals surface area contributed by atoms with Crippen LogP contribution >= 0.6 is 15.9 Å². The topological polar surface area (TPSA) is 12.0 Å². The van der Waals surface area contributed by atoms with Crippen molar-refractivity contribution >= 4 is 15.9 Å². The molecule has 1 aromatic carbocycles. The summed E-state index contributed by atoms with van der Waals surface area (Å²) in [5.74, 6) is -0.979. The minimum Gasteiger partial charge on any atom is -0.310 e. The Morgan fingerprint density at radius 3 is 2.53 bits per heavy atom. The Kier molecular flexibility index (Phi) is 4.62. The fraction of sp³-hybridized carbons (Fsp3) is 0.600. The van der Waals surface area contributed by atoms with Gasteiger partial charge in [0, 0.05) is 18.2 Å². The molecule has 19 heavy (non-hydrogen) atoms. The Morgan fingerprint density at radius 2 is 1.89 bits per heavy atom. The summed E-state index contributed by atoms with van der Waals surface area (Å²) in [5, 5.41) is 3.28. The van der Waals surface area contributed by atoms with Crippen molar-refractivity contribution in [1.29, 1.82) is 0 Å². The van der Waals surface area contributed by atoms with Gasteiger partial charge >= 0.3 is 0 Å². The number of halogens is 3. The Bertz CT molecular complexity index is 450. The SMILES string of the molecule is CC1(C)CCC(NCc2c(F)ccc(Br)c2F)CC1. The van der Waals surface area contributed by atoms with Gasteiger partial charge < -0.3 is 5.32 Å². The van der Waals surface area contributed by atoms with Gasteiger partial charge in [-0.3, -0.25) is 0 Å². The minimum absolute atomic E-state index is 0.124. The van der Waals surface area contributed by atoms with E-state index < -0.39 is 11.6 Å². The predicted molar refractivity (Wildman–Crippen MR) is 76.9 cm³/mol. The zero-order valence-corrected chi connectivity index (χ0v) is 13.0. The van der Waals surface area contributed by atoms with E-state index in [4.69, 9.17) is 0 Å². The first-order valence-corrected chi connectivity index (χ1v) is 7.54. The van der Waals surface area contributed by atoms with Crippen molar-refractivity contribution in [3.8, 4) is 0 Å². The molecule has 2 rings (SSSR count). The van der Waals surface area contributed by atoms with Crippen molar-refractivity contribution in [3.05, 3.63) is 33.8 Å². The molecule has 0 amide bonds. The van der Waals surface area contributed by atoms with E-state index in [0.717, 1.165) is 25.7 Å². The van der Waals surface area contributed by atoms with E-state index in [0.29, 0.717) is 15.9 Å². The molecule has 0 saturated heterocycles. The van der Waals surface area contributed by atoms with Crippen LogP contribution in [0.5, 0.6) is 0 Å². The Morgan fingerprint density at radius 1 is 1.26 bits per heavy atom. The smallest absolute Gasteiger partial charge is 0.144 e. The van der Waals surface area contributed by atoms with Gasteiger partial charge in [0.1, 0.15) is 11.6 Å². The van der Waals surface area contributed by atoms with Crippen molar-refractivity contribution in [2.75, 3.05) is 0 Å². The van der Waals surface area contributed by atoms with E-state index in [1.807, 2.05) is 0 Å². The highest BCUT2D eigenvalue weighted by molar-refractivity contribution is 9.10. The van der Waals surface area contributed by atoms with E-state index in [1.54, 1.807) is 0 Å². The first-order valence-electron chi connectivity index (χ1n) is 6.75. The number of nitrogens with one attached hydrogen (secondary N) is 1. The highest BCUT2D eigenvalue weighted by atomic mass is 79.9. The average Bonchev–Trinajstić information content (AvgIpc) is 2.36. The van der Waals surface area contributed by atoms with Crippen molar-refractivity contribution in [1.82, 2.24) is 5.32 Å². The van der Waals surface area contributed by atoms with Crippen LogP contribution in [0, 0.1) is 17.0 Å². The summed E-state index contributed by atoms with van der Waals surface area (Å²) in [4.78, 5) is 0. The third-order valence-corrected chi connectivity index (χ3v) is 4.66. The maximum absolute atomic E-state index is 13.8. The summed E-state index contributed by atoms with van der Waals surface area (Å²) in [5.41, 5.74) is 0.531. The highest BCUT2D eigenvalue weighted by Gasteiger charge is 2.26. The van der Waals surface area contributed by atoms with E-state index in [-0.39, 0.29) is 12.1 Å². The van der Waals surface area contributed by atoms with Gasteiger partial charge in [0.15, 0.2) is 0 Å². The van der Waals surface area contributed by atoms with Gasteiger partial charge in [-0.15, -0.1) is 0 Å². The monoisotopic (exact) mass is 331 g/mol. The van der Waals surface area contributed by atoms with Crippen LogP contribution in [0.3, 0.4) is 0 Å². The van der Waals surface area contributed by atoms with Crippen LogP contribution < -0.4 is 5.32 Å². The maximum Gasteiger partial charge on any atom is 0.144 e. The maximum atomic E-state index is 13.8. The summed E-state index contributed by atoms with van der Waals surface area (Å²) in [6.07, 6.45) is 4.47. The molecular weight excluding hydrogens is 312 g/mol. The lowest BCUT2D eigenvalue weighted by molar-refractivity contribution is 0.205. The van der Waals surface area contributed by atoms with Crippen molar-refractivity contribution < 1.29 is 8.78 Å². The van der Waals surface area contributed by atoms with Crippen molar-refractivity contribution in [2.45, 2.75) is 52.1 Å². The molecule has 0 atom stereocenters. The summed E-state index contributed by atoms with van der Waals surface area (Å²) in [6, 6.07) is 3.07. The van der Waals surface area contributed by atoms with Crippen LogP contribution in [-0.4, -0.2) is 6.04 Å². The van der Waals surface area contributed by atoms with Crippen molar-refractivity contribution in [3.63, 3.8) is 0 Å². The van der Waals surface area contributed by atoms with Crippen LogP contribution in [0.15, 0.2) is 16.6 Å². The van der Waals surface area contributed by atoms with Gasteiger partial charge in [0.25, 0.3) is 0 Å². The standard InChI is InChI=1S/C15H20BrF2N/c1-15(2)7-5-10(6-8-15)19-9-11-13(17)4-3-12(16)14(11)18/h3-4,10,19H,5-9H2,1-2H3. The van der Waals surface area contributed by atoms with Crippen LogP contribution in [0.1, 0.15) is 45.1 Å². The molecule has 1 aliphatic rings. The second kappa shape index (κ2) is 5.88. The molecule has 1 fully saturated rings. The summed E-state index contributed by atoms with van der Waals surface area (Å²) in [7, 11) is 0. The molecule has 0 unspecified atom stereocenters. The Labute approximate surface area is 121 Å². The van der Waals surface area contributed by atoms with Gasteiger partial charge in [-0.25, -0.2) is 8.78 Å². The molecule has 1 aromatic rings. The summed E-state index contributed by atoms with van der Waals surface area (Å²) >= 11 is 3.09. The first kappa shape index (κ1) is 14.9. The average molecular weight is 332 g/mol. The minimum atomic E-state index is -0.497. The first-order chi connectivity index (χ1) is 8.89. The molecular formula is C15H20BrF2N. The highest BCUT2D eigenvalue weighted by Crippen LogP contribution is 2.35. The van der Waals surface area contributed by atoms with Gasteiger partial charge in [-0.2, -0.15) is 0 Å². The largest absolute Gasteiger partial charge is 0.310 e. The number of hydrogen-bond donors (Lipinski definition) is 1. The fourth-order valence-corrected chi connectivity index (χ4v) is 2.95. The normalized spacial score (nSPS) is 19.6. The van der Waals surface area contributed by atoms with Crippen LogP contribution in [0.4, 0.5) is 8.78 Å². The summed E-state index contributed by atoms with van der Waals surface area (Å²) < 4.78 is 27.7. The Hall–Kier alpha value is -0.480. The molecule has 1 aliphatic carbocycles. The number of benzene rings is 1. The van der Waals surface area contributed by atoms with E-state index in [1.165, 1.54) is 12.1 Å². The lowest BCUT2D eigenvalue weighted by atomic mass is 9.75. The van der Waals surface area contributed by atoms with Crippen LogP contribution in [0.25, 0.3) is 0 Å². The summed E-state index contributed by atoms with van der Waals surface area (Å²) in [6.45, 7) is 4.80. The molecule has 1 nitrogen and oxygen atoms in total. The van der Waals surface area contributed by atoms with Gasteiger partial charge in [-0.05, 0) is 59.2 Å². The molecule has 0 bridgehead atoms. The zero-order valence-electron chi connectivity index (χ0n) is 11.4. The molecule has 0 spiro atoms. The molecule has 0 radical (unpaired) electrons. The lowest BCUT2D eigenvalue weighted by Crippen LogP contribution is -2.35.